The second-order valence-electron chi connectivity index (χ2n) is 8.51. The Bertz CT molecular complexity index is 945. The molecule has 0 fully saturated rings. The molecule has 2 atom stereocenters. The zero-order valence-corrected chi connectivity index (χ0v) is 19.2. The molecule has 176 valence electrons. The molecular weight excluding hydrogens is 420 g/mol. The average Bonchev–Trinajstić information content (AvgIpc) is 3.12. The predicted molar refractivity (Wildman–Crippen MR) is 126 cm³/mol. The Kier molecular flexibility index (Phi) is 8.46. The fourth-order valence-corrected chi connectivity index (χ4v) is 4.24. The van der Waals surface area contributed by atoms with Crippen molar-refractivity contribution in [3.05, 3.63) is 59.7 Å². The first-order valence-electron chi connectivity index (χ1n) is 11.5. The maximum Gasteiger partial charge on any atom is 0.407 e. The zero-order valence-electron chi connectivity index (χ0n) is 19.2. The standard InChI is InChI=1S/C26H32N2O5/c1-3-18(13-15-25(30)31)28-24(29)14-12-17(2)27-26(32)33-16-23-21-10-6-4-8-19(21)20-9-5-7-11-22(20)23/h4-11,17-18,23H,3,12-16H2,1-2H3,(H,27,32)(H,28,29)(H,30,31). The highest BCUT2D eigenvalue weighted by atomic mass is 16.5. The van der Waals surface area contributed by atoms with Gasteiger partial charge < -0.3 is 20.5 Å². The normalized spacial score (nSPS) is 14.0. The Morgan fingerprint density at radius 2 is 1.55 bits per heavy atom. The number of carbonyl (C=O) groups is 3. The minimum absolute atomic E-state index is 0.000938. The van der Waals surface area contributed by atoms with Crippen LogP contribution in [0.25, 0.3) is 11.1 Å². The van der Waals surface area contributed by atoms with Crippen molar-refractivity contribution in [2.45, 2.75) is 64.0 Å². The van der Waals surface area contributed by atoms with Gasteiger partial charge in [-0.15, -0.1) is 0 Å². The molecule has 0 radical (unpaired) electrons. The lowest BCUT2D eigenvalue weighted by Crippen LogP contribution is -2.37. The number of ether oxygens (including phenoxy) is 1. The van der Waals surface area contributed by atoms with Gasteiger partial charge in [0.05, 0.1) is 0 Å². The van der Waals surface area contributed by atoms with E-state index >= 15 is 0 Å². The van der Waals surface area contributed by atoms with E-state index in [4.69, 9.17) is 9.84 Å². The molecule has 2 unspecified atom stereocenters. The van der Waals surface area contributed by atoms with E-state index in [9.17, 15) is 14.4 Å². The van der Waals surface area contributed by atoms with Crippen LogP contribution >= 0.6 is 0 Å². The zero-order chi connectivity index (χ0) is 23.8. The van der Waals surface area contributed by atoms with Crippen molar-refractivity contribution in [2.24, 2.45) is 0 Å². The molecule has 33 heavy (non-hydrogen) atoms. The molecule has 2 amide bonds. The van der Waals surface area contributed by atoms with Gasteiger partial charge in [0, 0.05) is 30.8 Å². The van der Waals surface area contributed by atoms with Crippen molar-refractivity contribution >= 4 is 18.0 Å². The number of aliphatic carboxylic acids is 1. The maximum absolute atomic E-state index is 12.4. The quantitative estimate of drug-likeness (QED) is 0.467. The van der Waals surface area contributed by atoms with Gasteiger partial charge in [-0.05, 0) is 48.4 Å². The fourth-order valence-electron chi connectivity index (χ4n) is 4.24. The van der Waals surface area contributed by atoms with Gasteiger partial charge in [-0.3, -0.25) is 9.59 Å². The van der Waals surface area contributed by atoms with E-state index in [-0.39, 0.29) is 43.4 Å². The van der Waals surface area contributed by atoms with Crippen molar-refractivity contribution < 1.29 is 24.2 Å². The summed E-state index contributed by atoms with van der Waals surface area (Å²) in [6, 6.07) is 16.0. The number of fused-ring (bicyclic) bond motifs is 3. The maximum atomic E-state index is 12.4. The molecule has 2 aromatic carbocycles. The lowest BCUT2D eigenvalue weighted by Gasteiger charge is -2.18. The Labute approximate surface area is 194 Å². The SMILES string of the molecule is CCC(CCC(=O)O)NC(=O)CCC(C)NC(=O)OCC1c2ccccc2-c2ccccc21. The number of hydrogen-bond acceptors (Lipinski definition) is 4. The molecule has 0 aliphatic heterocycles. The molecule has 0 saturated carbocycles. The largest absolute Gasteiger partial charge is 0.481 e. The molecule has 0 spiro atoms. The van der Waals surface area contributed by atoms with Crippen LogP contribution in [0, 0.1) is 0 Å². The number of nitrogens with one attached hydrogen (secondary N) is 2. The third kappa shape index (κ3) is 6.57. The lowest BCUT2D eigenvalue weighted by molar-refractivity contribution is -0.137. The van der Waals surface area contributed by atoms with E-state index in [2.05, 4.69) is 34.9 Å². The van der Waals surface area contributed by atoms with Gasteiger partial charge in [-0.2, -0.15) is 0 Å². The van der Waals surface area contributed by atoms with E-state index in [1.807, 2.05) is 38.1 Å². The number of alkyl carbamates (subject to hydrolysis) is 1. The van der Waals surface area contributed by atoms with Gasteiger partial charge in [0.2, 0.25) is 5.91 Å². The predicted octanol–water partition coefficient (Wildman–Crippen LogP) is 4.45. The topological polar surface area (TPSA) is 105 Å². The summed E-state index contributed by atoms with van der Waals surface area (Å²) in [7, 11) is 0. The Morgan fingerprint density at radius 1 is 0.939 bits per heavy atom. The molecule has 2 aromatic rings. The molecular formula is C26H32N2O5. The minimum Gasteiger partial charge on any atom is -0.481 e. The van der Waals surface area contributed by atoms with Crippen molar-refractivity contribution in [3.8, 4) is 11.1 Å². The van der Waals surface area contributed by atoms with Gasteiger partial charge in [0.15, 0.2) is 0 Å². The van der Waals surface area contributed by atoms with Crippen LogP contribution in [0.3, 0.4) is 0 Å². The summed E-state index contributed by atoms with van der Waals surface area (Å²) in [4.78, 5) is 35.3. The molecule has 0 bridgehead atoms. The van der Waals surface area contributed by atoms with Crippen LogP contribution in [-0.2, 0) is 14.3 Å². The Morgan fingerprint density at radius 3 is 2.12 bits per heavy atom. The molecule has 3 rings (SSSR count). The molecule has 3 N–H and O–H groups in total. The van der Waals surface area contributed by atoms with Gasteiger partial charge in [0.25, 0.3) is 0 Å². The number of carbonyl (C=O) groups excluding carboxylic acids is 2. The van der Waals surface area contributed by atoms with Crippen molar-refractivity contribution in [1.82, 2.24) is 10.6 Å². The Hall–Kier alpha value is -3.35. The van der Waals surface area contributed by atoms with Crippen LogP contribution < -0.4 is 10.6 Å². The van der Waals surface area contributed by atoms with Crippen LogP contribution in [0.1, 0.15) is 63.0 Å². The van der Waals surface area contributed by atoms with E-state index in [0.717, 1.165) is 11.1 Å². The minimum atomic E-state index is -0.872. The molecule has 0 heterocycles. The van der Waals surface area contributed by atoms with Crippen molar-refractivity contribution in [2.75, 3.05) is 6.61 Å². The van der Waals surface area contributed by atoms with E-state index in [0.29, 0.717) is 19.3 Å². The summed E-state index contributed by atoms with van der Waals surface area (Å²) in [5.74, 6) is -1.02. The number of benzene rings is 2. The van der Waals surface area contributed by atoms with Crippen LogP contribution in [0.4, 0.5) is 4.79 Å². The van der Waals surface area contributed by atoms with Crippen molar-refractivity contribution in [3.63, 3.8) is 0 Å². The van der Waals surface area contributed by atoms with Crippen LogP contribution in [-0.4, -0.2) is 41.8 Å². The highest BCUT2D eigenvalue weighted by molar-refractivity contribution is 5.79. The number of amides is 2. The van der Waals surface area contributed by atoms with Crippen LogP contribution in [0.2, 0.25) is 0 Å². The van der Waals surface area contributed by atoms with Gasteiger partial charge in [-0.1, -0.05) is 55.5 Å². The third-order valence-corrected chi connectivity index (χ3v) is 6.08. The number of rotatable bonds is 11. The summed E-state index contributed by atoms with van der Waals surface area (Å²) in [5, 5.41) is 14.5. The first-order chi connectivity index (χ1) is 15.9. The van der Waals surface area contributed by atoms with E-state index in [1.54, 1.807) is 0 Å². The third-order valence-electron chi connectivity index (χ3n) is 6.08. The summed E-state index contributed by atoms with van der Waals surface area (Å²) < 4.78 is 5.55. The molecule has 1 aliphatic rings. The number of carboxylic acid groups (broad SMARTS) is 1. The van der Waals surface area contributed by atoms with Crippen LogP contribution in [0.15, 0.2) is 48.5 Å². The smallest absolute Gasteiger partial charge is 0.407 e. The van der Waals surface area contributed by atoms with Crippen molar-refractivity contribution in [1.29, 1.82) is 0 Å². The lowest BCUT2D eigenvalue weighted by atomic mass is 9.98. The van der Waals surface area contributed by atoms with Gasteiger partial charge in [0.1, 0.15) is 6.61 Å². The number of carboxylic acids is 1. The summed E-state index contributed by atoms with van der Waals surface area (Å²) in [6.07, 6.45) is 1.31. The number of hydrogen-bond donors (Lipinski definition) is 3. The average molecular weight is 453 g/mol. The summed E-state index contributed by atoms with van der Waals surface area (Å²) >= 11 is 0. The first-order valence-corrected chi connectivity index (χ1v) is 11.5. The highest BCUT2D eigenvalue weighted by Crippen LogP contribution is 2.44. The van der Waals surface area contributed by atoms with E-state index < -0.39 is 12.1 Å². The Balaban J connectivity index is 1.44. The summed E-state index contributed by atoms with van der Waals surface area (Å²) in [5.41, 5.74) is 4.67. The van der Waals surface area contributed by atoms with E-state index in [1.165, 1.54) is 11.1 Å². The molecule has 1 aliphatic carbocycles. The monoisotopic (exact) mass is 452 g/mol. The molecule has 7 heteroatoms. The molecule has 0 saturated heterocycles. The highest BCUT2D eigenvalue weighted by Gasteiger charge is 2.29. The summed E-state index contributed by atoms with van der Waals surface area (Å²) in [6.45, 7) is 3.99. The first kappa shape index (κ1) is 24.3. The fraction of sp³-hybridized carbons (Fsp3) is 0.423. The molecule has 0 aromatic heterocycles. The second-order valence-corrected chi connectivity index (χ2v) is 8.51. The van der Waals surface area contributed by atoms with Gasteiger partial charge in [-0.25, -0.2) is 4.79 Å². The molecule has 7 nitrogen and oxygen atoms in total. The second kappa shape index (κ2) is 11.5. The van der Waals surface area contributed by atoms with Crippen LogP contribution in [0.5, 0.6) is 0 Å². The van der Waals surface area contributed by atoms with Gasteiger partial charge >= 0.3 is 12.1 Å².